The molecule has 25 heavy (non-hydrogen) atoms. The normalized spacial score (nSPS) is 17.3. The molecule has 3 rings (SSSR count). The molecule has 0 bridgehead atoms. The maximum Gasteiger partial charge on any atom is 0.349 e. The predicted octanol–water partition coefficient (Wildman–Crippen LogP) is 2.68. The molecule has 3 heterocycles. The van der Waals surface area contributed by atoms with Crippen molar-refractivity contribution in [3.05, 3.63) is 56.8 Å². The molecular weight excluding hydrogens is 318 g/mol. The summed E-state index contributed by atoms with van der Waals surface area (Å²) >= 11 is 0. The lowest BCUT2D eigenvalue weighted by Crippen LogP contribution is -2.30. The Bertz CT molecular complexity index is 831. The summed E-state index contributed by atoms with van der Waals surface area (Å²) in [5.41, 5.74) is 1.86. The van der Waals surface area contributed by atoms with Gasteiger partial charge in [-0.05, 0) is 69.5 Å². The van der Waals surface area contributed by atoms with Crippen LogP contribution in [0.2, 0.25) is 0 Å². The molecule has 0 spiro atoms. The van der Waals surface area contributed by atoms with Gasteiger partial charge in [-0.3, -0.25) is 4.79 Å². The summed E-state index contributed by atoms with van der Waals surface area (Å²) in [5.74, 6) is 0.771. The molecule has 0 aliphatic carbocycles. The second-order valence-electron chi connectivity index (χ2n) is 6.66. The SMILES string of the molecule is Cc1cc(C)nc(NC(=O)c2c(C)cc(C3CCCNC3)oc2=O)c1. The van der Waals surface area contributed by atoms with Gasteiger partial charge in [0.2, 0.25) is 0 Å². The van der Waals surface area contributed by atoms with Crippen molar-refractivity contribution in [1.82, 2.24) is 10.3 Å². The van der Waals surface area contributed by atoms with Crippen molar-refractivity contribution >= 4 is 11.7 Å². The van der Waals surface area contributed by atoms with Gasteiger partial charge in [0.1, 0.15) is 17.1 Å². The molecule has 132 valence electrons. The van der Waals surface area contributed by atoms with Gasteiger partial charge in [-0.1, -0.05) is 0 Å². The maximum atomic E-state index is 12.5. The van der Waals surface area contributed by atoms with Crippen LogP contribution in [0.4, 0.5) is 5.82 Å². The van der Waals surface area contributed by atoms with Crippen LogP contribution in [0.25, 0.3) is 0 Å². The van der Waals surface area contributed by atoms with Gasteiger partial charge in [0.05, 0.1) is 0 Å². The first kappa shape index (κ1) is 17.4. The molecule has 6 heteroatoms. The lowest BCUT2D eigenvalue weighted by atomic mass is 9.95. The number of carbonyl (C=O) groups is 1. The minimum Gasteiger partial charge on any atom is -0.427 e. The maximum absolute atomic E-state index is 12.5. The summed E-state index contributed by atoms with van der Waals surface area (Å²) < 4.78 is 5.46. The number of hydrogen-bond donors (Lipinski definition) is 2. The Morgan fingerprint density at radius 1 is 1.28 bits per heavy atom. The van der Waals surface area contributed by atoms with Crippen molar-refractivity contribution in [1.29, 1.82) is 0 Å². The number of hydrogen-bond acceptors (Lipinski definition) is 5. The van der Waals surface area contributed by atoms with Crippen LogP contribution in [0.15, 0.2) is 27.4 Å². The Morgan fingerprint density at radius 2 is 2.08 bits per heavy atom. The number of piperidine rings is 1. The van der Waals surface area contributed by atoms with Gasteiger partial charge in [0.25, 0.3) is 5.91 Å². The van der Waals surface area contributed by atoms with E-state index in [4.69, 9.17) is 4.42 Å². The average molecular weight is 341 g/mol. The van der Waals surface area contributed by atoms with Crippen molar-refractivity contribution < 1.29 is 9.21 Å². The van der Waals surface area contributed by atoms with Crippen LogP contribution >= 0.6 is 0 Å². The molecule has 1 atom stereocenters. The Labute approximate surface area is 146 Å². The molecule has 0 aromatic carbocycles. The molecule has 2 aromatic heterocycles. The smallest absolute Gasteiger partial charge is 0.349 e. The largest absolute Gasteiger partial charge is 0.427 e. The van der Waals surface area contributed by atoms with E-state index in [0.29, 0.717) is 17.1 Å². The van der Waals surface area contributed by atoms with Crippen molar-refractivity contribution in [2.75, 3.05) is 18.4 Å². The fourth-order valence-electron chi connectivity index (χ4n) is 3.29. The van der Waals surface area contributed by atoms with Crippen LogP contribution in [0.3, 0.4) is 0 Å². The van der Waals surface area contributed by atoms with E-state index in [1.165, 1.54) is 0 Å². The highest BCUT2D eigenvalue weighted by molar-refractivity contribution is 6.04. The number of rotatable bonds is 3. The fraction of sp³-hybridized carbons (Fsp3) is 0.421. The van der Waals surface area contributed by atoms with Crippen LogP contribution in [-0.2, 0) is 0 Å². The Balaban J connectivity index is 1.86. The van der Waals surface area contributed by atoms with E-state index in [1.807, 2.05) is 26.0 Å². The number of pyridine rings is 1. The number of nitrogens with one attached hydrogen (secondary N) is 2. The molecular formula is C19H23N3O3. The molecule has 1 unspecified atom stereocenters. The van der Waals surface area contributed by atoms with Crippen molar-refractivity contribution in [2.24, 2.45) is 0 Å². The minimum absolute atomic E-state index is 0.0356. The Kier molecular flexibility index (Phi) is 4.99. The Morgan fingerprint density at radius 3 is 2.72 bits per heavy atom. The zero-order chi connectivity index (χ0) is 18.0. The second-order valence-corrected chi connectivity index (χ2v) is 6.66. The number of aryl methyl sites for hydroxylation is 3. The van der Waals surface area contributed by atoms with Crippen LogP contribution in [0.1, 0.15) is 51.7 Å². The fourth-order valence-corrected chi connectivity index (χ4v) is 3.29. The second kappa shape index (κ2) is 7.19. The average Bonchev–Trinajstić information content (AvgIpc) is 2.54. The summed E-state index contributed by atoms with van der Waals surface area (Å²) in [6.45, 7) is 7.33. The molecule has 0 saturated carbocycles. The molecule has 1 aliphatic rings. The first-order valence-corrected chi connectivity index (χ1v) is 8.56. The molecule has 1 fully saturated rings. The molecule has 1 amide bonds. The van der Waals surface area contributed by atoms with Crippen molar-refractivity contribution in [3.8, 4) is 0 Å². The van der Waals surface area contributed by atoms with Crippen molar-refractivity contribution in [2.45, 2.75) is 39.5 Å². The topological polar surface area (TPSA) is 84.2 Å². The van der Waals surface area contributed by atoms with E-state index >= 15 is 0 Å². The first-order valence-electron chi connectivity index (χ1n) is 8.56. The highest BCUT2D eigenvalue weighted by Crippen LogP contribution is 2.23. The van der Waals surface area contributed by atoms with Gasteiger partial charge >= 0.3 is 5.63 Å². The van der Waals surface area contributed by atoms with E-state index in [9.17, 15) is 9.59 Å². The van der Waals surface area contributed by atoms with Gasteiger partial charge in [-0.25, -0.2) is 9.78 Å². The summed E-state index contributed by atoms with van der Waals surface area (Å²) in [4.78, 5) is 29.2. The van der Waals surface area contributed by atoms with Crippen molar-refractivity contribution in [3.63, 3.8) is 0 Å². The van der Waals surface area contributed by atoms with Gasteiger partial charge in [-0.15, -0.1) is 0 Å². The summed E-state index contributed by atoms with van der Waals surface area (Å²) in [6, 6.07) is 5.50. The van der Waals surface area contributed by atoms with Crippen LogP contribution in [-0.4, -0.2) is 24.0 Å². The standard InChI is InChI=1S/C19H23N3O3/c1-11-7-13(3)21-16(8-11)22-18(23)17-12(2)9-15(25-19(17)24)14-5-4-6-20-10-14/h7-9,14,20H,4-6,10H2,1-3H3,(H,21,22,23). The predicted molar refractivity (Wildman–Crippen MR) is 96.2 cm³/mol. The third-order valence-corrected chi connectivity index (χ3v) is 4.43. The summed E-state index contributed by atoms with van der Waals surface area (Å²) in [6.07, 6.45) is 2.03. The third kappa shape index (κ3) is 3.96. The van der Waals surface area contributed by atoms with E-state index in [1.54, 1.807) is 13.0 Å². The van der Waals surface area contributed by atoms with Gasteiger partial charge in [0, 0.05) is 18.2 Å². The van der Waals surface area contributed by atoms with Crippen LogP contribution < -0.4 is 16.3 Å². The highest BCUT2D eigenvalue weighted by Gasteiger charge is 2.22. The van der Waals surface area contributed by atoms with E-state index < -0.39 is 11.5 Å². The zero-order valence-electron chi connectivity index (χ0n) is 14.8. The third-order valence-electron chi connectivity index (χ3n) is 4.43. The lowest BCUT2D eigenvalue weighted by molar-refractivity contribution is 0.102. The molecule has 1 aliphatic heterocycles. The van der Waals surface area contributed by atoms with Crippen LogP contribution in [0, 0.1) is 20.8 Å². The van der Waals surface area contributed by atoms with E-state index in [0.717, 1.165) is 37.2 Å². The quantitative estimate of drug-likeness (QED) is 0.897. The molecule has 2 N–H and O–H groups in total. The highest BCUT2D eigenvalue weighted by atomic mass is 16.4. The molecule has 6 nitrogen and oxygen atoms in total. The molecule has 1 saturated heterocycles. The number of anilines is 1. The monoisotopic (exact) mass is 341 g/mol. The first-order chi connectivity index (χ1) is 11.9. The summed E-state index contributed by atoms with van der Waals surface area (Å²) in [5, 5.41) is 6.00. The number of carbonyl (C=O) groups excluding carboxylic acids is 1. The van der Waals surface area contributed by atoms with Gasteiger partial charge in [0.15, 0.2) is 0 Å². The molecule has 0 radical (unpaired) electrons. The Hall–Kier alpha value is -2.47. The zero-order valence-corrected chi connectivity index (χ0v) is 14.8. The lowest BCUT2D eigenvalue weighted by Gasteiger charge is -2.22. The van der Waals surface area contributed by atoms with Gasteiger partial charge < -0.3 is 15.1 Å². The van der Waals surface area contributed by atoms with E-state index in [2.05, 4.69) is 15.6 Å². The molecule has 2 aromatic rings. The van der Waals surface area contributed by atoms with E-state index in [-0.39, 0.29) is 11.5 Å². The minimum atomic E-state index is -0.595. The van der Waals surface area contributed by atoms with Crippen LogP contribution in [0.5, 0.6) is 0 Å². The summed E-state index contributed by atoms with van der Waals surface area (Å²) in [7, 11) is 0. The number of nitrogens with zero attached hydrogens (tertiary/aromatic N) is 1. The number of aromatic nitrogens is 1. The van der Waals surface area contributed by atoms with Gasteiger partial charge in [-0.2, -0.15) is 0 Å². The number of amides is 1.